The van der Waals surface area contributed by atoms with E-state index in [-0.39, 0.29) is 18.1 Å². The van der Waals surface area contributed by atoms with Crippen LogP contribution >= 0.6 is 11.6 Å². The second kappa shape index (κ2) is 12.0. The Hall–Kier alpha value is -4.31. The van der Waals surface area contributed by atoms with E-state index in [4.69, 9.17) is 21.3 Å². The van der Waals surface area contributed by atoms with Gasteiger partial charge in [-0.15, -0.1) is 0 Å². The molecule has 44 heavy (non-hydrogen) atoms. The van der Waals surface area contributed by atoms with Crippen LogP contribution in [0.4, 0.5) is 10.6 Å². The summed E-state index contributed by atoms with van der Waals surface area (Å²) in [7, 11) is 0. The Morgan fingerprint density at radius 2 is 1.89 bits per heavy atom. The lowest BCUT2D eigenvalue weighted by Gasteiger charge is -2.41. The fraction of sp³-hybridized carbons (Fsp3) is 0.394. The van der Waals surface area contributed by atoms with Gasteiger partial charge in [-0.05, 0) is 64.3 Å². The molecule has 1 saturated heterocycles. The summed E-state index contributed by atoms with van der Waals surface area (Å²) in [6.07, 6.45) is 2.12. The lowest BCUT2D eigenvalue weighted by atomic mass is 10.0. The fourth-order valence-corrected chi connectivity index (χ4v) is 5.80. The largest absolute Gasteiger partial charge is 0.444 e. The maximum absolute atomic E-state index is 14.1. The van der Waals surface area contributed by atoms with Crippen molar-refractivity contribution < 1.29 is 14.3 Å². The van der Waals surface area contributed by atoms with E-state index in [1.165, 1.54) is 4.57 Å². The van der Waals surface area contributed by atoms with Gasteiger partial charge in [0.1, 0.15) is 17.7 Å². The number of hydrogen-bond donors (Lipinski definition) is 0. The van der Waals surface area contributed by atoms with Crippen LogP contribution in [0, 0.1) is 6.92 Å². The molecule has 4 aromatic rings. The number of amides is 1. The number of aryl methyl sites for hydroxylation is 1. The Kier molecular flexibility index (Phi) is 8.49. The number of carbonyl (C=O) groups is 2. The third-order valence-electron chi connectivity index (χ3n) is 7.57. The van der Waals surface area contributed by atoms with Gasteiger partial charge in [-0.1, -0.05) is 43.6 Å². The molecule has 0 spiro atoms. The molecule has 1 aliphatic heterocycles. The number of fused-ring (bicyclic) bond motifs is 1. The Bertz CT molecular complexity index is 1810. The maximum atomic E-state index is 14.1. The molecule has 10 nitrogen and oxygen atoms in total. The van der Waals surface area contributed by atoms with E-state index >= 15 is 0 Å². The van der Waals surface area contributed by atoms with E-state index in [1.807, 2.05) is 65.5 Å². The van der Waals surface area contributed by atoms with Crippen LogP contribution in [0.1, 0.15) is 69.1 Å². The van der Waals surface area contributed by atoms with Crippen LogP contribution in [-0.4, -0.2) is 68.1 Å². The number of aromatic nitrogens is 4. The highest BCUT2D eigenvalue weighted by Crippen LogP contribution is 2.35. The van der Waals surface area contributed by atoms with Gasteiger partial charge in [0.2, 0.25) is 0 Å². The van der Waals surface area contributed by atoms with E-state index in [9.17, 15) is 14.4 Å². The van der Waals surface area contributed by atoms with Crippen molar-refractivity contribution in [1.29, 1.82) is 0 Å². The van der Waals surface area contributed by atoms with Crippen molar-refractivity contribution in [3.05, 3.63) is 74.9 Å². The summed E-state index contributed by atoms with van der Waals surface area (Å²) in [5.74, 6) is 0.455. The first-order chi connectivity index (χ1) is 20.8. The molecule has 1 unspecified atom stereocenters. The van der Waals surface area contributed by atoms with Crippen LogP contribution in [0.2, 0.25) is 5.02 Å². The molecule has 4 heterocycles. The summed E-state index contributed by atoms with van der Waals surface area (Å²) < 4.78 is 7.11. The first-order valence-corrected chi connectivity index (χ1v) is 15.1. The number of anilines is 1. The second-order valence-corrected chi connectivity index (χ2v) is 12.9. The highest BCUT2D eigenvalue weighted by atomic mass is 35.5. The molecule has 3 aromatic heterocycles. The molecule has 1 amide bonds. The minimum Gasteiger partial charge on any atom is -0.444 e. The van der Waals surface area contributed by atoms with Gasteiger partial charge < -0.3 is 14.5 Å². The maximum Gasteiger partial charge on any atom is 0.410 e. The van der Waals surface area contributed by atoms with Crippen molar-refractivity contribution in [2.24, 2.45) is 0 Å². The lowest BCUT2D eigenvalue weighted by molar-refractivity contribution is 0.0218. The Morgan fingerprint density at radius 3 is 2.55 bits per heavy atom. The van der Waals surface area contributed by atoms with Gasteiger partial charge in [-0.3, -0.25) is 9.78 Å². The predicted octanol–water partition coefficient (Wildman–Crippen LogP) is 6.19. The van der Waals surface area contributed by atoms with Crippen molar-refractivity contribution in [3.63, 3.8) is 0 Å². The number of rotatable bonds is 5. The van der Waals surface area contributed by atoms with E-state index in [2.05, 4.69) is 9.97 Å². The van der Waals surface area contributed by atoms with E-state index in [0.29, 0.717) is 64.0 Å². The predicted molar refractivity (Wildman–Crippen MR) is 172 cm³/mol. The van der Waals surface area contributed by atoms with Crippen molar-refractivity contribution in [1.82, 2.24) is 24.4 Å². The third kappa shape index (κ3) is 6.04. The van der Waals surface area contributed by atoms with Crippen LogP contribution in [0.3, 0.4) is 0 Å². The van der Waals surface area contributed by atoms with Crippen molar-refractivity contribution in [3.8, 4) is 16.9 Å². The first-order valence-electron chi connectivity index (χ1n) is 14.7. The van der Waals surface area contributed by atoms with Crippen LogP contribution < -0.4 is 10.6 Å². The number of ether oxygens (including phenoxy) is 1. The van der Waals surface area contributed by atoms with Crippen LogP contribution in [0.25, 0.3) is 28.0 Å². The smallest absolute Gasteiger partial charge is 0.410 e. The summed E-state index contributed by atoms with van der Waals surface area (Å²) in [4.78, 5) is 56.4. The van der Waals surface area contributed by atoms with Crippen LogP contribution in [-0.2, 0) is 4.74 Å². The summed E-state index contributed by atoms with van der Waals surface area (Å²) in [6, 6.07) is 10.5. The highest BCUT2D eigenvalue weighted by Gasteiger charge is 2.33. The zero-order valence-corrected chi connectivity index (χ0v) is 26.8. The molecular formula is C33H37ClN6O4. The SMILES string of the molecule is Cc1ccnc(C(C)C)c1-n1c(=O)nc(N2CCN(C(=O)OC(C)(C)C)CC2C)c2cc(Cl)c(-c3cccc(C=O)c3)nc21. The Labute approximate surface area is 261 Å². The lowest BCUT2D eigenvalue weighted by Crippen LogP contribution is -2.55. The number of nitrogens with zero attached hydrogens (tertiary/aromatic N) is 6. The van der Waals surface area contributed by atoms with E-state index in [1.54, 1.807) is 35.4 Å². The molecule has 0 aliphatic carbocycles. The molecule has 1 fully saturated rings. The quantitative estimate of drug-likeness (QED) is 0.244. The molecule has 5 rings (SSSR count). The first kappa shape index (κ1) is 31.1. The number of piperazine rings is 1. The minimum absolute atomic E-state index is 0.0172. The van der Waals surface area contributed by atoms with Crippen LogP contribution in [0.15, 0.2) is 47.4 Å². The highest BCUT2D eigenvalue weighted by molar-refractivity contribution is 6.34. The number of halogens is 1. The standard InChI is InChI=1S/C33H37ClN6O4/c1-19(2)26-28(20(3)11-12-35-26)40-30-24(16-25(34)27(36-30)23-10-8-9-22(15-23)18-41)29(37-31(40)42)39-14-13-38(17-21(39)4)32(43)44-33(5,6)7/h8-12,15-16,18-19,21H,13-14,17H2,1-7H3. The number of carbonyl (C=O) groups excluding carboxylic acids is 2. The Balaban J connectivity index is 1.72. The molecule has 0 N–H and O–H groups in total. The monoisotopic (exact) mass is 616 g/mol. The van der Waals surface area contributed by atoms with Gasteiger partial charge in [-0.2, -0.15) is 4.98 Å². The van der Waals surface area contributed by atoms with Crippen molar-refractivity contribution in [2.75, 3.05) is 24.5 Å². The number of pyridine rings is 2. The fourth-order valence-electron chi connectivity index (χ4n) is 5.54. The average molecular weight is 617 g/mol. The summed E-state index contributed by atoms with van der Waals surface area (Å²) >= 11 is 6.89. The molecule has 1 aromatic carbocycles. The molecular weight excluding hydrogens is 580 g/mol. The molecule has 1 atom stereocenters. The van der Waals surface area contributed by atoms with Gasteiger partial charge >= 0.3 is 11.8 Å². The molecule has 0 radical (unpaired) electrons. The zero-order chi connectivity index (χ0) is 31.9. The molecule has 0 saturated carbocycles. The summed E-state index contributed by atoms with van der Waals surface area (Å²) in [6.45, 7) is 14.7. The summed E-state index contributed by atoms with van der Waals surface area (Å²) in [5.41, 5.74) is 3.03. The van der Waals surface area contributed by atoms with Crippen LogP contribution in [0.5, 0.6) is 0 Å². The Morgan fingerprint density at radius 1 is 1.14 bits per heavy atom. The van der Waals surface area contributed by atoms with Gasteiger partial charge in [0.15, 0.2) is 5.65 Å². The van der Waals surface area contributed by atoms with Gasteiger partial charge in [0, 0.05) is 43.0 Å². The van der Waals surface area contributed by atoms with Gasteiger partial charge in [-0.25, -0.2) is 19.1 Å². The van der Waals surface area contributed by atoms with E-state index in [0.717, 1.165) is 17.5 Å². The topological polar surface area (TPSA) is 111 Å². The molecule has 11 heteroatoms. The van der Waals surface area contributed by atoms with Crippen molar-refractivity contribution in [2.45, 2.75) is 66.0 Å². The number of benzene rings is 1. The van der Waals surface area contributed by atoms with E-state index < -0.39 is 11.3 Å². The van der Waals surface area contributed by atoms with Gasteiger partial charge in [0.05, 0.1) is 27.5 Å². The molecule has 0 bridgehead atoms. The zero-order valence-electron chi connectivity index (χ0n) is 26.1. The normalized spacial score (nSPS) is 15.6. The minimum atomic E-state index is -0.607. The number of hydrogen-bond acceptors (Lipinski definition) is 8. The average Bonchev–Trinajstić information content (AvgIpc) is 2.96. The second-order valence-electron chi connectivity index (χ2n) is 12.5. The molecule has 1 aliphatic rings. The third-order valence-corrected chi connectivity index (χ3v) is 7.86. The molecule has 230 valence electrons. The number of aldehydes is 1. The van der Waals surface area contributed by atoms with Crippen molar-refractivity contribution >= 4 is 40.8 Å². The summed E-state index contributed by atoms with van der Waals surface area (Å²) in [5, 5.41) is 0.932. The van der Waals surface area contributed by atoms with Gasteiger partial charge in [0.25, 0.3) is 0 Å².